The largest absolute Gasteiger partial charge is 0.373 e. The summed E-state index contributed by atoms with van der Waals surface area (Å²) in [5, 5.41) is 0.598. The topological polar surface area (TPSA) is 32.8 Å². The summed E-state index contributed by atoms with van der Waals surface area (Å²) in [6, 6.07) is 5.07. The molecule has 28 heavy (non-hydrogen) atoms. The van der Waals surface area contributed by atoms with Crippen LogP contribution in [0.25, 0.3) is 10.1 Å². The number of nitrogens with zero attached hydrogens (tertiary/aromatic N) is 2. The molecule has 2 fully saturated rings. The van der Waals surface area contributed by atoms with Crippen molar-refractivity contribution in [3.05, 3.63) is 34.5 Å². The number of hydrogen-bond acceptors (Lipinski definition) is 4. The minimum atomic E-state index is -0.238. The predicted molar refractivity (Wildman–Crippen MR) is 112 cm³/mol. The number of halogens is 1. The third-order valence-corrected chi connectivity index (χ3v) is 7.26. The van der Waals surface area contributed by atoms with Gasteiger partial charge in [0.25, 0.3) is 5.91 Å². The van der Waals surface area contributed by atoms with Gasteiger partial charge in [-0.3, -0.25) is 9.69 Å². The average molecular weight is 405 g/mol. The summed E-state index contributed by atoms with van der Waals surface area (Å²) < 4.78 is 20.8. The fourth-order valence-electron chi connectivity index (χ4n) is 4.72. The number of hydrogen-bond donors (Lipinski definition) is 0. The van der Waals surface area contributed by atoms with Gasteiger partial charge in [0.2, 0.25) is 0 Å². The molecule has 2 unspecified atom stereocenters. The van der Waals surface area contributed by atoms with E-state index in [4.69, 9.17) is 4.74 Å². The van der Waals surface area contributed by atoms with Crippen molar-refractivity contribution in [3.63, 3.8) is 0 Å². The van der Waals surface area contributed by atoms with E-state index >= 15 is 0 Å². The van der Waals surface area contributed by atoms with Crippen molar-refractivity contribution in [3.8, 4) is 0 Å². The fraction of sp³-hybridized carbons (Fsp3) is 0.591. The Morgan fingerprint density at radius 1 is 1.21 bits per heavy atom. The van der Waals surface area contributed by atoms with E-state index in [1.807, 2.05) is 17.9 Å². The maximum Gasteiger partial charge on any atom is 0.264 e. The molecule has 3 heterocycles. The van der Waals surface area contributed by atoms with Crippen molar-refractivity contribution in [1.82, 2.24) is 9.80 Å². The zero-order valence-electron chi connectivity index (χ0n) is 16.9. The molecule has 0 saturated carbocycles. The molecule has 2 atom stereocenters. The lowest BCUT2D eigenvalue weighted by Crippen LogP contribution is -2.48. The number of amides is 1. The number of benzene rings is 1. The second-order valence-electron chi connectivity index (χ2n) is 8.38. The van der Waals surface area contributed by atoms with Crippen LogP contribution in [0.3, 0.4) is 0 Å². The monoisotopic (exact) mass is 404 g/mol. The van der Waals surface area contributed by atoms with Gasteiger partial charge in [-0.25, -0.2) is 4.39 Å². The zero-order valence-corrected chi connectivity index (χ0v) is 17.7. The Morgan fingerprint density at radius 3 is 2.54 bits per heavy atom. The van der Waals surface area contributed by atoms with Crippen LogP contribution in [0.4, 0.5) is 4.39 Å². The van der Waals surface area contributed by atoms with Gasteiger partial charge in [0.15, 0.2) is 0 Å². The number of fused-ring (bicyclic) bond motifs is 1. The highest BCUT2D eigenvalue weighted by atomic mass is 32.1. The van der Waals surface area contributed by atoms with Gasteiger partial charge in [0, 0.05) is 42.8 Å². The first-order valence-electron chi connectivity index (χ1n) is 10.3. The molecule has 4 rings (SSSR count). The Hall–Kier alpha value is -1.50. The molecule has 1 amide bonds. The smallest absolute Gasteiger partial charge is 0.264 e. The molecule has 0 N–H and O–H groups in total. The third kappa shape index (κ3) is 3.95. The van der Waals surface area contributed by atoms with Gasteiger partial charge in [-0.05, 0) is 57.2 Å². The third-order valence-electron chi connectivity index (χ3n) is 6.01. The highest BCUT2D eigenvalue weighted by Gasteiger charge is 2.29. The van der Waals surface area contributed by atoms with Crippen LogP contribution < -0.4 is 0 Å². The number of morpholine rings is 1. The van der Waals surface area contributed by atoms with Crippen molar-refractivity contribution in [1.29, 1.82) is 0 Å². The highest BCUT2D eigenvalue weighted by Crippen LogP contribution is 2.34. The molecule has 2 aromatic rings. The number of carbonyl (C=O) groups is 1. The molecule has 2 aliphatic rings. The van der Waals surface area contributed by atoms with Crippen molar-refractivity contribution < 1.29 is 13.9 Å². The lowest BCUT2D eigenvalue weighted by Gasteiger charge is -2.39. The number of likely N-dealkylation sites (tertiary alicyclic amines) is 1. The van der Waals surface area contributed by atoms with Crippen LogP contribution in [0, 0.1) is 18.7 Å². The normalized spacial score (nSPS) is 24.8. The number of carbonyl (C=O) groups excluding carboxylic acids is 1. The molecule has 152 valence electrons. The standard InChI is InChI=1S/C22H29FN2O2S/c1-14-11-24(12-15(2)27-14)13-17-7-9-25(10-8-17)22(26)21-16(3)20-18(23)5-4-6-19(20)28-21/h4-6,14-15,17H,7-13H2,1-3H3. The van der Waals surface area contributed by atoms with Crippen LogP contribution in [0.1, 0.15) is 41.9 Å². The summed E-state index contributed by atoms with van der Waals surface area (Å²) in [5.74, 6) is 0.450. The van der Waals surface area contributed by atoms with Gasteiger partial charge < -0.3 is 9.64 Å². The van der Waals surface area contributed by atoms with Crippen LogP contribution >= 0.6 is 11.3 Å². The number of thiophene rings is 1. The molecule has 0 radical (unpaired) electrons. The van der Waals surface area contributed by atoms with E-state index in [1.54, 1.807) is 6.07 Å². The number of rotatable bonds is 3. The predicted octanol–water partition coefficient (Wildman–Crippen LogP) is 4.31. The SMILES string of the molecule is Cc1c(C(=O)N2CCC(CN3CC(C)OC(C)C3)CC2)sc2cccc(F)c12. The van der Waals surface area contributed by atoms with E-state index in [9.17, 15) is 9.18 Å². The molecule has 1 aromatic carbocycles. The molecule has 4 nitrogen and oxygen atoms in total. The van der Waals surface area contributed by atoms with Gasteiger partial charge >= 0.3 is 0 Å². The maximum atomic E-state index is 14.2. The van der Waals surface area contributed by atoms with Crippen LogP contribution in [0.5, 0.6) is 0 Å². The molecular formula is C22H29FN2O2S. The molecular weight excluding hydrogens is 375 g/mol. The summed E-state index contributed by atoms with van der Waals surface area (Å²) in [6.07, 6.45) is 2.65. The minimum absolute atomic E-state index is 0.0603. The van der Waals surface area contributed by atoms with Gasteiger partial charge in [0.05, 0.1) is 17.1 Å². The van der Waals surface area contributed by atoms with E-state index in [-0.39, 0.29) is 11.7 Å². The van der Waals surface area contributed by atoms with Crippen molar-refractivity contribution in [2.24, 2.45) is 5.92 Å². The van der Waals surface area contributed by atoms with Gasteiger partial charge in [0.1, 0.15) is 5.82 Å². The average Bonchev–Trinajstić information content (AvgIpc) is 2.99. The Morgan fingerprint density at radius 2 is 1.89 bits per heavy atom. The molecule has 6 heteroatoms. The summed E-state index contributed by atoms with van der Waals surface area (Å²) in [4.78, 5) is 18.2. The Kier molecular flexibility index (Phi) is 5.72. The molecule has 0 spiro atoms. The van der Waals surface area contributed by atoms with Crippen LogP contribution in [-0.4, -0.2) is 60.6 Å². The van der Waals surface area contributed by atoms with Gasteiger partial charge in [-0.1, -0.05) is 6.07 Å². The minimum Gasteiger partial charge on any atom is -0.373 e. The van der Waals surface area contributed by atoms with Gasteiger partial charge in [-0.15, -0.1) is 11.3 Å². The first-order chi connectivity index (χ1) is 13.4. The van der Waals surface area contributed by atoms with Crippen LogP contribution in [0.2, 0.25) is 0 Å². The summed E-state index contributed by atoms with van der Waals surface area (Å²) in [6.45, 7) is 10.8. The molecule has 0 bridgehead atoms. The molecule has 0 aliphatic carbocycles. The quantitative estimate of drug-likeness (QED) is 0.764. The summed E-state index contributed by atoms with van der Waals surface area (Å²) >= 11 is 1.42. The Bertz CT molecular complexity index is 850. The molecule has 1 aromatic heterocycles. The number of piperidine rings is 1. The van der Waals surface area contributed by atoms with Gasteiger partial charge in [-0.2, -0.15) is 0 Å². The number of aryl methyl sites for hydroxylation is 1. The first-order valence-corrected chi connectivity index (χ1v) is 11.1. The lowest BCUT2D eigenvalue weighted by molar-refractivity contribution is -0.0728. The zero-order chi connectivity index (χ0) is 19.8. The van der Waals surface area contributed by atoms with Crippen LogP contribution in [0.15, 0.2) is 18.2 Å². The van der Waals surface area contributed by atoms with E-state index in [1.165, 1.54) is 17.4 Å². The number of ether oxygens (including phenoxy) is 1. The van der Waals surface area contributed by atoms with Crippen molar-refractivity contribution in [2.75, 3.05) is 32.7 Å². The van der Waals surface area contributed by atoms with Crippen molar-refractivity contribution >= 4 is 27.3 Å². The molecule has 2 aliphatic heterocycles. The summed E-state index contributed by atoms with van der Waals surface area (Å²) in [7, 11) is 0. The van der Waals surface area contributed by atoms with E-state index in [2.05, 4.69) is 18.7 Å². The van der Waals surface area contributed by atoms with E-state index < -0.39 is 0 Å². The first kappa shape index (κ1) is 19.8. The fourth-order valence-corrected chi connectivity index (χ4v) is 5.91. The lowest BCUT2D eigenvalue weighted by atomic mass is 9.95. The second kappa shape index (κ2) is 8.09. The highest BCUT2D eigenvalue weighted by molar-refractivity contribution is 7.21. The maximum absolute atomic E-state index is 14.2. The second-order valence-corrected chi connectivity index (χ2v) is 9.43. The van der Waals surface area contributed by atoms with E-state index in [0.29, 0.717) is 28.4 Å². The Balaban J connectivity index is 1.38. The van der Waals surface area contributed by atoms with Crippen LogP contribution in [-0.2, 0) is 4.74 Å². The van der Waals surface area contributed by atoms with Crippen molar-refractivity contribution in [2.45, 2.75) is 45.8 Å². The van der Waals surface area contributed by atoms with E-state index in [0.717, 1.165) is 55.8 Å². The summed E-state index contributed by atoms with van der Waals surface area (Å²) in [5.41, 5.74) is 0.779. The Labute approximate surface area is 170 Å². The molecule has 2 saturated heterocycles.